The van der Waals surface area contributed by atoms with E-state index in [1.54, 1.807) is 32.0 Å². The van der Waals surface area contributed by atoms with Crippen LogP contribution in [0.4, 0.5) is 17.1 Å². The quantitative estimate of drug-likeness (QED) is 0.170. The van der Waals surface area contributed by atoms with Crippen molar-refractivity contribution in [3.63, 3.8) is 0 Å². The van der Waals surface area contributed by atoms with Crippen molar-refractivity contribution < 1.29 is 14.5 Å². The first-order valence-electron chi connectivity index (χ1n) is 10.8. The summed E-state index contributed by atoms with van der Waals surface area (Å²) in [5.41, 5.74) is 2.35. The summed E-state index contributed by atoms with van der Waals surface area (Å²) < 4.78 is -1.37. The summed E-state index contributed by atoms with van der Waals surface area (Å²) in [6, 6.07) is 12.1. The molecule has 0 bridgehead atoms. The van der Waals surface area contributed by atoms with Crippen molar-refractivity contribution in [1.82, 2.24) is 0 Å². The van der Waals surface area contributed by atoms with Crippen molar-refractivity contribution in [1.29, 1.82) is 0 Å². The Hall–Kier alpha value is -2.55. The smallest absolute Gasteiger partial charge is 0.272 e. The van der Waals surface area contributed by atoms with Gasteiger partial charge in [0.2, 0.25) is 5.91 Å². The zero-order chi connectivity index (χ0) is 27.2. The van der Waals surface area contributed by atoms with Crippen LogP contribution in [0.1, 0.15) is 33.0 Å². The summed E-state index contributed by atoms with van der Waals surface area (Å²) in [4.78, 5) is 36.7. The van der Waals surface area contributed by atoms with E-state index in [2.05, 4.69) is 10.6 Å². The maximum absolute atomic E-state index is 13.0. The molecule has 4 rings (SSSR count). The number of amides is 2. The molecule has 1 aliphatic carbocycles. The molecule has 2 atom stereocenters. The second kappa shape index (κ2) is 10.3. The van der Waals surface area contributed by atoms with Gasteiger partial charge >= 0.3 is 0 Å². The minimum absolute atomic E-state index is 0.0497. The molecule has 0 spiro atoms. The molecule has 3 aromatic rings. The van der Waals surface area contributed by atoms with Crippen molar-refractivity contribution in [3.05, 3.63) is 96.0 Å². The number of benzene rings is 3. The van der Waals surface area contributed by atoms with Gasteiger partial charge in [0.1, 0.15) is 4.33 Å². The Kier molecular flexibility index (Phi) is 7.66. The number of nitro benzene ring substituents is 1. The molecule has 1 fully saturated rings. The molecule has 0 heterocycles. The van der Waals surface area contributed by atoms with Crippen LogP contribution in [0.25, 0.3) is 0 Å². The van der Waals surface area contributed by atoms with Gasteiger partial charge in [0.05, 0.1) is 21.4 Å². The number of nitro groups is 1. The molecular weight excluding hydrogens is 584 g/mol. The number of rotatable bonds is 6. The predicted molar refractivity (Wildman–Crippen MR) is 148 cm³/mol. The number of hydrogen-bond donors (Lipinski definition) is 2. The van der Waals surface area contributed by atoms with Crippen molar-refractivity contribution in [2.24, 2.45) is 5.92 Å². The normalized spacial score (nSPS) is 17.7. The minimum atomic E-state index is -1.37. The van der Waals surface area contributed by atoms with Crippen molar-refractivity contribution in [2.45, 2.75) is 24.1 Å². The van der Waals surface area contributed by atoms with Gasteiger partial charge in [-0.3, -0.25) is 19.7 Å². The van der Waals surface area contributed by atoms with Crippen molar-refractivity contribution in [2.75, 3.05) is 10.6 Å². The van der Waals surface area contributed by atoms with E-state index in [4.69, 9.17) is 58.0 Å². The van der Waals surface area contributed by atoms with Gasteiger partial charge in [-0.2, -0.15) is 0 Å². The van der Waals surface area contributed by atoms with Gasteiger partial charge in [0.25, 0.3) is 11.6 Å². The average molecular weight is 602 g/mol. The van der Waals surface area contributed by atoms with E-state index in [-0.39, 0.29) is 16.3 Å². The third kappa shape index (κ3) is 5.52. The first-order chi connectivity index (χ1) is 17.3. The third-order valence-electron chi connectivity index (χ3n) is 6.26. The number of carbonyl (C=O) groups excluding carboxylic acids is 2. The summed E-state index contributed by atoms with van der Waals surface area (Å²) in [6.45, 7) is 3.27. The van der Waals surface area contributed by atoms with Crippen LogP contribution in [-0.2, 0) is 4.79 Å². The van der Waals surface area contributed by atoms with Crippen LogP contribution >= 0.6 is 58.0 Å². The zero-order valence-electron chi connectivity index (χ0n) is 19.2. The molecule has 1 aliphatic rings. The van der Waals surface area contributed by atoms with E-state index in [9.17, 15) is 19.7 Å². The lowest BCUT2D eigenvalue weighted by molar-refractivity contribution is -0.385. The number of nitrogens with zero attached hydrogens (tertiary/aromatic N) is 1. The first-order valence-corrected chi connectivity index (χ1v) is 12.7. The molecule has 192 valence electrons. The summed E-state index contributed by atoms with van der Waals surface area (Å²) in [5, 5.41) is 17.5. The number of carbonyl (C=O) groups is 2. The molecule has 0 saturated heterocycles. The van der Waals surface area contributed by atoms with E-state index in [1.807, 2.05) is 0 Å². The van der Waals surface area contributed by atoms with Gasteiger partial charge in [-0.15, -0.1) is 23.2 Å². The Morgan fingerprint density at radius 2 is 1.57 bits per heavy atom. The maximum Gasteiger partial charge on any atom is 0.272 e. The highest BCUT2D eigenvalue weighted by Gasteiger charge is 2.67. The molecule has 7 nitrogen and oxygen atoms in total. The fourth-order valence-electron chi connectivity index (χ4n) is 4.15. The van der Waals surface area contributed by atoms with Gasteiger partial charge in [-0.25, -0.2) is 0 Å². The standard InChI is InChI=1S/C25H18Cl5N3O4/c1-11-12(2)20(33(36)37)6-5-19(11)32-23(34)17-10-16(3-4-18(17)28)31-24(35)22-21(25(22,29)30)13-7-14(26)9-15(27)8-13/h3-10,21-22H,1-2H3,(H,31,35)(H,32,34). The molecule has 2 amide bonds. The molecule has 1 saturated carbocycles. The van der Waals surface area contributed by atoms with Crippen LogP contribution in [0.5, 0.6) is 0 Å². The first kappa shape index (κ1) is 27.5. The summed E-state index contributed by atoms with van der Waals surface area (Å²) >= 11 is 31.3. The molecule has 3 aromatic carbocycles. The minimum Gasteiger partial charge on any atom is -0.326 e. The van der Waals surface area contributed by atoms with E-state index < -0.39 is 32.9 Å². The summed E-state index contributed by atoms with van der Waals surface area (Å²) in [6.07, 6.45) is 0. The SMILES string of the molecule is Cc1c(NC(=O)c2cc(NC(=O)C3C(c4cc(Cl)cc(Cl)c4)C3(Cl)Cl)ccc2Cl)ccc([N+](=O)[O-])c1C. The van der Waals surface area contributed by atoms with Gasteiger partial charge in [-0.1, -0.05) is 34.8 Å². The molecule has 2 N–H and O–H groups in total. The number of halogens is 5. The highest BCUT2D eigenvalue weighted by Crippen LogP contribution is 2.65. The largest absolute Gasteiger partial charge is 0.326 e. The predicted octanol–water partition coefficient (Wildman–Crippen LogP) is 7.95. The van der Waals surface area contributed by atoms with Crippen LogP contribution in [-0.4, -0.2) is 21.1 Å². The number of hydrogen-bond acceptors (Lipinski definition) is 4. The fourth-order valence-corrected chi connectivity index (χ4v) is 5.72. The lowest BCUT2D eigenvalue weighted by atomic mass is 10.1. The number of nitrogens with one attached hydrogen (secondary N) is 2. The monoisotopic (exact) mass is 599 g/mol. The van der Waals surface area contributed by atoms with Crippen molar-refractivity contribution in [3.8, 4) is 0 Å². The highest BCUT2D eigenvalue weighted by molar-refractivity contribution is 6.53. The van der Waals surface area contributed by atoms with Gasteiger partial charge in [-0.05, 0) is 67.4 Å². The Morgan fingerprint density at radius 1 is 0.919 bits per heavy atom. The molecule has 0 aromatic heterocycles. The molecule has 0 aliphatic heterocycles. The molecular formula is C25H18Cl5N3O4. The van der Waals surface area contributed by atoms with Crippen LogP contribution in [0.2, 0.25) is 15.1 Å². The van der Waals surface area contributed by atoms with Gasteiger partial charge < -0.3 is 10.6 Å². The lowest BCUT2D eigenvalue weighted by Gasteiger charge is -2.13. The van der Waals surface area contributed by atoms with E-state index in [1.165, 1.54) is 30.3 Å². The number of anilines is 2. The van der Waals surface area contributed by atoms with Gasteiger partial charge in [0.15, 0.2) is 0 Å². The fraction of sp³-hybridized carbons (Fsp3) is 0.200. The number of alkyl halides is 2. The molecule has 2 unspecified atom stereocenters. The summed E-state index contributed by atoms with van der Waals surface area (Å²) in [5.74, 6) is -2.33. The molecule has 0 radical (unpaired) electrons. The molecule has 37 heavy (non-hydrogen) atoms. The Labute approximate surface area is 237 Å². The Balaban J connectivity index is 1.53. The highest BCUT2D eigenvalue weighted by atomic mass is 35.5. The topological polar surface area (TPSA) is 101 Å². The van der Waals surface area contributed by atoms with E-state index >= 15 is 0 Å². The lowest BCUT2D eigenvalue weighted by Crippen LogP contribution is -2.18. The van der Waals surface area contributed by atoms with E-state index in [0.29, 0.717) is 38.1 Å². The summed E-state index contributed by atoms with van der Waals surface area (Å²) in [7, 11) is 0. The van der Waals surface area contributed by atoms with Gasteiger partial charge in [0, 0.05) is 39.0 Å². The maximum atomic E-state index is 13.0. The second-order valence-corrected chi connectivity index (χ2v) is 11.3. The Morgan fingerprint density at radius 3 is 2.19 bits per heavy atom. The average Bonchev–Trinajstić information content (AvgIpc) is 3.39. The Bertz CT molecular complexity index is 1440. The van der Waals surface area contributed by atoms with Crippen LogP contribution in [0.15, 0.2) is 48.5 Å². The van der Waals surface area contributed by atoms with E-state index in [0.717, 1.165) is 0 Å². The second-order valence-electron chi connectivity index (χ2n) is 8.61. The van der Waals surface area contributed by atoms with Crippen LogP contribution in [0, 0.1) is 29.9 Å². The molecule has 12 heteroatoms. The van der Waals surface area contributed by atoms with Crippen LogP contribution < -0.4 is 10.6 Å². The third-order valence-corrected chi connectivity index (χ3v) is 7.97. The zero-order valence-corrected chi connectivity index (χ0v) is 23.0. The van der Waals surface area contributed by atoms with Crippen molar-refractivity contribution >= 4 is 86.9 Å². The van der Waals surface area contributed by atoms with Crippen LogP contribution in [0.3, 0.4) is 0 Å².